The standard InChI is InChI=1S/C21H22N4O3/c1-24-19(22)17(20(27)25(2)21(24)28)16(26)13-23-18(14-9-5-3-6-10-14)15-11-7-4-8-12-15/h3-12,18,23H,13,22H2,1-2H3. The quantitative estimate of drug-likeness (QED) is 0.629. The van der Waals surface area contributed by atoms with Gasteiger partial charge in [0, 0.05) is 14.1 Å². The van der Waals surface area contributed by atoms with Crippen LogP contribution in [-0.2, 0) is 14.1 Å². The minimum atomic E-state index is -0.691. The zero-order valence-corrected chi connectivity index (χ0v) is 15.8. The third kappa shape index (κ3) is 3.65. The molecule has 7 heteroatoms. The van der Waals surface area contributed by atoms with Crippen LogP contribution in [0.4, 0.5) is 5.82 Å². The lowest BCUT2D eigenvalue weighted by molar-refractivity contribution is 0.0987. The molecule has 144 valence electrons. The normalized spacial score (nSPS) is 11.0. The van der Waals surface area contributed by atoms with Crippen LogP contribution in [0.25, 0.3) is 0 Å². The molecule has 0 amide bonds. The fraction of sp³-hybridized carbons (Fsp3) is 0.190. The summed E-state index contributed by atoms with van der Waals surface area (Å²) >= 11 is 0. The molecule has 0 aliphatic heterocycles. The summed E-state index contributed by atoms with van der Waals surface area (Å²) in [5.74, 6) is -0.596. The minimum Gasteiger partial charge on any atom is -0.384 e. The number of ketones is 1. The van der Waals surface area contributed by atoms with Crippen LogP contribution in [0.5, 0.6) is 0 Å². The number of nitrogen functional groups attached to an aromatic ring is 1. The predicted molar refractivity (Wildman–Crippen MR) is 108 cm³/mol. The van der Waals surface area contributed by atoms with Gasteiger partial charge in [0.05, 0.1) is 12.6 Å². The largest absolute Gasteiger partial charge is 0.384 e. The van der Waals surface area contributed by atoms with Crippen LogP contribution in [0.1, 0.15) is 27.5 Å². The van der Waals surface area contributed by atoms with Gasteiger partial charge in [0.1, 0.15) is 11.4 Å². The molecule has 3 aromatic rings. The topological polar surface area (TPSA) is 99.1 Å². The van der Waals surface area contributed by atoms with Crippen LogP contribution in [0.15, 0.2) is 70.3 Å². The van der Waals surface area contributed by atoms with Gasteiger partial charge in [-0.3, -0.25) is 24.0 Å². The second kappa shape index (κ2) is 8.06. The third-order valence-corrected chi connectivity index (χ3v) is 4.72. The molecule has 28 heavy (non-hydrogen) atoms. The molecule has 0 aliphatic rings. The highest BCUT2D eigenvalue weighted by atomic mass is 16.2. The highest BCUT2D eigenvalue weighted by Gasteiger charge is 2.22. The number of nitrogens with zero attached hydrogens (tertiary/aromatic N) is 2. The molecule has 0 radical (unpaired) electrons. The van der Waals surface area contributed by atoms with Crippen molar-refractivity contribution in [1.82, 2.24) is 14.5 Å². The van der Waals surface area contributed by atoms with Gasteiger partial charge in [-0.25, -0.2) is 4.79 Å². The summed E-state index contributed by atoms with van der Waals surface area (Å²) in [4.78, 5) is 37.1. The van der Waals surface area contributed by atoms with Crippen LogP contribution in [0.3, 0.4) is 0 Å². The molecule has 3 N–H and O–H groups in total. The Morgan fingerprint density at radius 1 is 0.929 bits per heavy atom. The summed E-state index contributed by atoms with van der Waals surface area (Å²) < 4.78 is 1.98. The van der Waals surface area contributed by atoms with Crippen LogP contribution in [0, 0.1) is 0 Å². The first kappa shape index (κ1) is 19.3. The summed E-state index contributed by atoms with van der Waals surface area (Å²) in [5, 5.41) is 3.22. The molecule has 0 saturated carbocycles. The smallest absolute Gasteiger partial charge is 0.332 e. The van der Waals surface area contributed by atoms with Gasteiger partial charge < -0.3 is 5.73 Å². The minimum absolute atomic E-state index is 0.105. The summed E-state index contributed by atoms with van der Waals surface area (Å²) in [6, 6.07) is 19.2. The van der Waals surface area contributed by atoms with Crippen molar-refractivity contribution in [1.29, 1.82) is 0 Å². The molecule has 0 saturated heterocycles. The Balaban J connectivity index is 1.92. The lowest BCUT2D eigenvalue weighted by atomic mass is 9.98. The number of carbonyl (C=O) groups is 1. The SMILES string of the molecule is Cn1c(N)c(C(=O)CNC(c2ccccc2)c2ccccc2)c(=O)n(C)c1=O. The van der Waals surface area contributed by atoms with Crippen molar-refractivity contribution >= 4 is 11.6 Å². The van der Waals surface area contributed by atoms with E-state index in [4.69, 9.17) is 5.73 Å². The number of nitrogens with two attached hydrogens (primary N) is 1. The zero-order chi connectivity index (χ0) is 20.3. The molecule has 0 atom stereocenters. The number of benzene rings is 2. The van der Waals surface area contributed by atoms with Gasteiger partial charge in [-0.2, -0.15) is 0 Å². The van der Waals surface area contributed by atoms with Crippen LogP contribution < -0.4 is 22.3 Å². The first-order valence-electron chi connectivity index (χ1n) is 8.83. The van der Waals surface area contributed by atoms with Gasteiger partial charge in [-0.05, 0) is 11.1 Å². The number of hydrogen-bond donors (Lipinski definition) is 2. The fourth-order valence-corrected chi connectivity index (χ4v) is 3.12. The summed E-state index contributed by atoms with van der Waals surface area (Å²) in [6.45, 7) is -0.105. The van der Waals surface area contributed by atoms with Crippen molar-refractivity contribution in [2.24, 2.45) is 14.1 Å². The maximum Gasteiger partial charge on any atom is 0.332 e. The van der Waals surface area contributed by atoms with E-state index in [-0.39, 0.29) is 24.0 Å². The van der Waals surface area contributed by atoms with Gasteiger partial charge in [0.2, 0.25) is 0 Å². The molecule has 0 spiro atoms. The van der Waals surface area contributed by atoms with E-state index in [1.165, 1.54) is 14.1 Å². The van der Waals surface area contributed by atoms with E-state index in [2.05, 4.69) is 5.32 Å². The highest BCUT2D eigenvalue weighted by Crippen LogP contribution is 2.21. The number of hydrogen-bond acceptors (Lipinski definition) is 5. The molecule has 1 aromatic heterocycles. The second-order valence-corrected chi connectivity index (χ2v) is 6.52. The molecule has 3 rings (SSSR count). The molecule has 0 aliphatic carbocycles. The van der Waals surface area contributed by atoms with Gasteiger partial charge >= 0.3 is 5.69 Å². The molecular weight excluding hydrogens is 356 g/mol. The van der Waals surface area contributed by atoms with Crippen molar-refractivity contribution in [2.45, 2.75) is 6.04 Å². The lowest BCUT2D eigenvalue weighted by Gasteiger charge is -2.20. The average molecular weight is 378 g/mol. The number of Topliss-reactive ketones (excluding diaryl/α,β-unsaturated/α-hetero) is 1. The summed E-state index contributed by atoms with van der Waals surface area (Å²) in [6.07, 6.45) is 0. The first-order chi connectivity index (χ1) is 13.4. The fourth-order valence-electron chi connectivity index (χ4n) is 3.12. The van der Waals surface area contributed by atoms with Crippen molar-refractivity contribution in [3.05, 3.63) is 98.2 Å². The Labute approximate surface area is 162 Å². The van der Waals surface area contributed by atoms with Gasteiger partial charge in [-0.15, -0.1) is 0 Å². The Hall–Kier alpha value is -3.45. The Bertz CT molecular complexity index is 1060. The van der Waals surface area contributed by atoms with E-state index >= 15 is 0 Å². The Kier molecular flexibility index (Phi) is 5.56. The Morgan fingerprint density at radius 3 is 1.93 bits per heavy atom. The number of carbonyl (C=O) groups excluding carboxylic acids is 1. The number of aromatic nitrogens is 2. The number of nitrogens with one attached hydrogen (secondary N) is 1. The van der Waals surface area contributed by atoms with Crippen molar-refractivity contribution in [2.75, 3.05) is 12.3 Å². The summed E-state index contributed by atoms with van der Waals surface area (Å²) in [5.41, 5.74) is 6.42. The lowest BCUT2D eigenvalue weighted by Crippen LogP contribution is -2.43. The van der Waals surface area contributed by atoms with Crippen LogP contribution >= 0.6 is 0 Å². The zero-order valence-electron chi connectivity index (χ0n) is 15.8. The van der Waals surface area contributed by atoms with Crippen LogP contribution in [0.2, 0.25) is 0 Å². The van der Waals surface area contributed by atoms with Gasteiger partial charge in [0.15, 0.2) is 5.78 Å². The maximum absolute atomic E-state index is 12.8. The third-order valence-electron chi connectivity index (χ3n) is 4.72. The van der Waals surface area contributed by atoms with E-state index in [9.17, 15) is 14.4 Å². The molecular formula is C21H22N4O3. The number of rotatable bonds is 6. The maximum atomic E-state index is 12.8. The Morgan fingerprint density at radius 2 is 1.43 bits per heavy atom. The first-order valence-corrected chi connectivity index (χ1v) is 8.83. The molecule has 0 unspecified atom stereocenters. The molecule has 2 aromatic carbocycles. The predicted octanol–water partition coefficient (Wildman–Crippen LogP) is 1.23. The second-order valence-electron chi connectivity index (χ2n) is 6.52. The molecule has 7 nitrogen and oxygen atoms in total. The monoisotopic (exact) mass is 378 g/mol. The van der Waals surface area contributed by atoms with Crippen molar-refractivity contribution in [3.63, 3.8) is 0 Å². The van der Waals surface area contributed by atoms with Crippen molar-refractivity contribution in [3.8, 4) is 0 Å². The van der Waals surface area contributed by atoms with E-state index in [0.29, 0.717) is 0 Å². The summed E-state index contributed by atoms with van der Waals surface area (Å²) in [7, 11) is 2.75. The van der Waals surface area contributed by atoms with E-state index in [1.54, 1.807) is 0 Å². The number of anilines is 1. The molecule has 1 heterocycles. The van der Waals surface area contributed by atoms with E-state index in [0.717, 1.165) is 20.3 Å². The van der Waals surface area contributed by atoms with E-state index in [1.807, 2.05) is 60.7 Å². The molecule has 0 bridgehead atoms. The average Bonchev–Trinajstić information content (AvgIpc) is 2.72. The van der Waals surface area contributed by atoms with Gasteiger partial charge in [0.25, 0.3) is 5.56 Å². The van der Waals surface area contributed by atoms with Crippen LogP contribution in [-0.4, -0.2) is 21.5 Å². The van der Waals surface area contributed by atoms with E-state index < -0.39 is 17.0 Å². The molecule has 0 fully saturated rings. The van der Waals surface area contributed by atoms with Crippen molar-refractivity contribution < 1.29 is 4.79 Å². The highest BCUT2D eigenvalue weighted by molar-refractivity contribution is 6.01. The van der Waals surface area contributed by atoms with Gasteiger partial charge in [-0.1, -0.05) is 60.7 Å².